The highest BCUT2D eigenvalue weighted by molar-refractivity contribution is 5.01. The van der Waals surface area contributed by atoms with Crippen LogP contribution in [0.4, 0.5) is 4.39 Å². The summed E-state index contributed by atoms with van der Waals surface area (Å²) in [6.07, 6.45) is 0. The Kier molecular flexibility index (Phi) is 2.50. The molecule has 0 unspecified atom stereocenters. The third-order valence-corrected chi connectivity index (χ3v) is 2.59. The maximum Gasteiger partial charge on any atom is 0.102 e. The average Bonchev–Trinajstić information content (AvgIpc) is 1.84. The van der Waals surface area contributed by atoms with Crippen LogP contribution in [0.15, 0.2) is 0 Å². The van der Waals surface area contributed by atoms with E-state index in [0.717, 1.165) is 13.1 Å². The molecule has 0 aromatic carbocycles. The van der Waals surface area contributed by atoms with Gasteiger partial charge in [-0.15, -0.1) is 0 Å². The molecule has 0 atom stereocenters. The first-order chi connectivity index (χ1) is 5.08. The predicted octanol–water partition coefficient (Wildman–Crippen LogP) is 0.625. The molecule has 0 aromatic heterocycles. The molecule has 0 bridgehead atoms. The molecule has 66 valence electrons. The summed E-state index contributed by atoms with van der Waals surface area (Å²) in [5.41, 5.74) is 5.96. The molecule has 1 heterocycles. The van der Waals surface area contributed by atoms with Crippen molar-refractivity contribution < 1.29 is 4.39 Å². The van der Waals surface area contributed by atoms with Gasteiger partial charge in [0.25, 0.3) is 0 Å². The van der Waals surface area contributed by atoms with Crippen molar-refractivity contribution in [1.82, 2.24) is 4.90 Å². The van der Waals surface area contributed by atoms with Crippen LogP contribution in [0.25, 0.3) is 0 Å². The molecule has 0 aliphatic carbocycles. The number of likely N-dealkylation sites (tertiary alicyclic amines) is 1. The summed E-state index contributed by atoms with van der Waals surface area (Å²) >= 11 is 0. The first-order valence-electron chi connectivity index (χ1n) is 4.16. The monoisotopic (exact) mass is 160 g/mol. The van der Waals surface area contributed by atoms with Crippen LogP contribution in [-0.4, -0.2) is 36.7 Å². The van der Waals surface area contributed by atoms with Crippen LogP contribution in [0.3, 0.4) is 0 Å². The van der Waals surface area contributed by atoms with Gasteiger partial charge in [0.05, 0.1) is 0 Å². The van der Waals surface area contributed by atoms with Gasteiger partial charge in [0, 0.05) is 25.2 Å². The van der Waals surface area contributed by atoms with Crippen molar-refractivity contribution in [1.29, 1.82) is 0 Å². The number of nitrogens with two attached hydrogens (primary N) is 1. The van der Waals surface area contributed by atoms with Crippen LogP contribution < -0.4 is 5.73 Å². The van der Waals surface area contributed by atoms with Crippen molar-refractivity contribution in [3.05, 3.63) is 0 Å². The van der Waals surface area contributed by atoms with Crippen LogP contribution in [0, 0.1) is 5.92 Å². The van der Waals surface area contributed by atoms with Crippen molar-refractivity contribution in [2.75, 3.05) is 26.3 Å². The number of hydrogen-bond acceptors (Lipinski definition) is 2. The zero-order valence-electron chi connectivity index (χ0n) is 7.31. The quantitative estimate of drug-likeness (QED) is 0.656. The Hall–Kier alpha value is -0.150. The summed E-state index contributed by atoms with van der Waals surface area (Å²) in [4.78, 5) is 2.06. The maximum atomic E-state index is 11.8. The van der Waals surface area contributed by atoms with E-state index < -0.39 is 0 Å². The number of nitrogens with zero attached hydrogens (tertiary/aromatic N) is 1. The summed E-state index contributed by atoms with van der Waals surface area (Å²) < 4.78 is 11.8. The molecule has 0 saturated carbocycles. The van der Waals surface area contributed by atoms with E-state index >= 15 is 0 Å². The van der Waals surface area contributed by atoms with Crippen molar-refractivity contribution in [3.8, 4) is 0 Å². The van der Waals surface area contributed by atoms with E-state index in [9.17, 15) is 4.39 Å². The minimum Gasteiger partial charge on any atom is -0.323 e. The van der Waals surface area contributed by atoms with Crippen molar-refractivity contribution >= 4 is 0 Å². The molecule has 0 spiro atoms. The van der Waals surface area contributed by atoms with Crippen molar-refractivity contribution in [2.24, 2.45) is 11.7 Å². The fourth-order valence-corrected chi connectivity index (χ4v) is 1.43. The van der Waals surface area contributed by atoms with Crippen molar-refractivity contribution in [3.63, 3.8) is 0 Å². The van der Waals surface area contributed by atoms with Gasteiger partial charge in [-0.3, -0.25) is 4.90 Å². The van der Waals surface area contributed by atoms with E-state index in [0.29, 0.717) is 12.5 Å². The zero-order chi connectivity index (χ0) is 8.48. The zero-order valence-corrected chi connectivity index (χ0v) is 7.31. The van der Waals surface area contributed by atoms with E-state index in [2.05, 4.69) is 18.7 Å². The first-order valence-corrected chi connectivity index (χ1v) is 4.16. The standard InChI is InChI=1S/C8H17FN2/c1-7(2)8(10)5-11(6-8)4-3-9/h7H,3-6,10H2,1-2H3. The number of rotatable bonds is 3. The van der Waals surface area contributed by atoms with E-state index in [-0.39, 0.29) is 12.2 Å². The Morgan fingerprint density at radius 2 is 2.09 bits per heavy atom. The van der Waals surface area contributed by atoms with Gasteiger partial charge in [0.1, 0.15) is 6.67 Å². The Morgan fingerprint density at radius 3 is 2.45 bits per heavy atom. The molecule has 2 N–H and O–H groups in total. The molecule has 1 aliphatic rings. The smallest absolute Gasteiger partial charge is 0.102 e. The first kappa shape index (κ1) is 8.94. The van der Waals surface area contributed by atoms with Crippen LogP contribution in [0.2, 0.25) is 0 Å². The van der Waals surface area contributed by atoms with Gasteiger partial charge in [-0.1, -0.05) is 13.8 Å². The third kappa shape index (κ3) is 1.71. The minimum absolute atomic E-state index is 0.0465. The summed E-state index contributed by atoms with van der Waals surface area (Å²) in [6, 6.07) is 0. The molecule has 1 fully saturated rings. The summed E-state index contributed by atoms with van der Waals surface area (Å²) in [5.74, 6) is 0.498. The molecule has 0 radical (unpaired) electrons. The van der Waals surface area contributed by atoms with Gasteiger partial charge in [0.2, 0.25) is 0 Å². The second-order valence-corrected chi connectivity index (χ2v) is 3.79. The summed E-state index contributed by atoms with van der Waals surface area (Å²) in [6.45, 7) is 6.24. The molecule has 1 saturated heterocycles. The highest BCUT2D eigenvalue weighted by Crippen LogP contribution is 2.25. The van der Waals surface area contributed by atoms with Gasteiger partial charge < -0.3 is 5.73 Å². The lowest BCUT2D eigenvalue weighted by Crippen LogP contribution is -2.70. The number of hydrogen-bond donors (Lipinski definition) is 1. The topological polar surface area (TPSA) is 29.3 Å². The van der Waals surface area contributed by atoms with Gasteiger partial charge in [-0.05, 0) is 5.92 Å². The maximum absolute atomic E-state index is 11.8. The summed E-state index contributed by atoms with van der Waals surface area (Å²) in [7, 11) is 0. The Morgan fingerprint density at radius 1 is 1.55 bits per heavy atom. The van der Waals surface area contributed by atoms with E-state index in [1.165, 1.54) is 0 Å². The molecular formula is C8H17FN2. The number of halogens is 1. The van der Waals surface area contributed by atoms with Crippen LogP contribution >= 0.6 is 0 Å². The molecule has 11 heavy (non-hydrogen) atoms. The number of alkyl halides is 1. The lowest BCUT2D eigenvalue weighted by Gasteiger charge is -2.50. The van der Waals surface area contributed by atoms with Crippen LogP contribution in [0.1, 0.15) is 13.8 Å². The fourth-order valence-electron chi connectivity index (χ4n) is 1.43. The minimum atomic E-state index is -0.256. The third-order valence-electron chi connectivity index (χ3n) is 2.59. The molecule has 3 heteroatoms. The predicted molar refractivity (Wildman–Crippen MR) is 44.2 cm³/mol. The van der Waals surface area contributed by atoms with E-state index in [1.807, 2.05) is 0 Å². The Bertz CT molecular complexity index is 130. The lowest BCUT2D eigenvalue weighted by atomic mass is 9.80. The van der Waals surface area contributed by atoms with Crippen LogP contribution in [0.5, 0.6) is 0 Å². The molecule has 1 aliphatic heterocycles. The lowest BCUT2D eigenvalue weighted by molar-refractivity contribution is 0.0336. The van der Waals surface area contributed by atoms with Gasteiger partial charge in [0.15, 0.2) is 0 Å². The molecule has 0 aromatic rings. The average molecular weight is 160 g/mol. The summed E-state index contributed by atoms with van der Waals surface area (Å²) in [5, 5.41) is 0. The molecule has 2 nitrogen and oxygen atoms in total. The Balaban J connectivity index is 2.26. The largest absolute Gasteiger partial charge is 0.323 e. The second kappa shape index (κ2) is 3.07. The van der Waals surface area contributed by atoms with Gasteiger partial charge in [-0.2, -0.15) is 0 Å². The molecule has 1 rings (SSSR count). The normalized spacial score (nSPS) is 23.7. The Labute approximate surface area is 67.6 Å². The van der Waals surface area contributed by atoms with E-state index in [4.69, 9.17) is 5.73 Å². The SMILES string of the molecule is CC(C)C1(N)CN(CCF)C1. The van der Waals surface area contributed by atoms with Crippen molar-refractivity contribution in [2.45, 2.75) is 19.4 Å². The van der Waals surface area contributed by atoms with E-state index in [1.54, 1.807) is 0 Å². The fraction of sp³-hybridized carbons (Fsp3) is 1.00. The van der Waals surface area contributed by atoms with Gasteiger partial charge in [-0.25, -0.2) is 4.39 Å². The highest BCUT2D eigenvalue weighted by atomic mass is 19.1. The highest BCUT2D eigenvalue weighted by Gasteiger charge is 2.41. The molecule has 0 amide bonds. The molecular weight excluding hydrogens is 143 g/mol. The second-order valence-electron chi connectivity index (χ2n) is 3.79. The van der Waals surface area contributed by atoms with Gasteiger partial charge >= 0.3 is 0 Å². The van der Waals surface area contributed by atoms with Crippen LogP contribution in [-0.2, 0) is 0 Å².